The van der Waals surface area contributed by atoms with E-state index in [0.29, 0.717) is 22.4 Å². The van der Waals surface area contributed by atoms with Gasteiger partial charge in [-0.1, -0.05) is 11.6 Å². The molecule has 162 valence electrons. The summed E-state index contributed by atoms with van der Waals surface area (Å²) in [6.45, 7) is 4.25. The summed E-state index contributed by atoms with van der Waals surface area (Å²) < 4.78 is 7.70. The van der Waals surface area contributed by atoms with Crippen molar-refractivity contribution in [2.75, 3.05) is 0 Å². The molecule has 4 aromatic rings. The first kappa shape index (κ1) is 20.5. The summed E-state index contributed by atoms with van der Waals surface area (Å²) in [6, 6.07) is 17.0. The average Bonchev–Trinajstić information content (AvgIpc) is 3.43. The molecular formula is C24H22ClN5O2. The van der Waals surface area contributed by atoms with Gasteiger partial charge in [0.05, 0.1) is 17.9 Å². The Bertz CT molecular complexity index is 1260. The van der Waals surface area contributed by atoms with E-state index in [4.69, 9.17) is 16.0 Å². The van der Waals surface area contributed by atoms with Gasteiger partial charge in [-0.15, -0.1) is 10.2 Å². The Morgan fingerprint density at radius 2 is 1.81 bits per heavy atom. The molecule has 8 heteroatoms. The van der Waals surface area contributed by atoms with Crippen molar-refractivity contribution in [3.05, 3.63) is 82.5 Å². The van der Waals surface area contributed by atoms with Gasteiger partial charge in [0.1, 0.15) is 0 Å². The van der Waals surface area contributed by atoms with Crippen LogP contribution in [-0.2, 0) is 6.54 Å². The highest BCUT2D eigenvalue weighted by Gasteiger charge is 2.34. The summed E-state index contributed by atoms with van der Waals surface area (Å²) in [6.07, 6.45) is 1.96. The van der Waals surface area contributed by atoms with Crippen molar-refractivity contribution >= 4 is 17.5 Å². The number of halogens is 1. The molecule has 0 aliphatic heterocycles. The molecule has 0 unspecified atom stereocenters. The Kier molecular flexibility index (Phi) is 5.27. The van der Waals surface area contributed by atoms with Gasteiger partial charge in [0.15, 0.2) is 0 Å². The minimum absolute atomic E-state index is 0.0429. The molecule has 1 aliphatic rings. The molecule has 1 saturated carbocycles. The first-order valence-electron chi connectivity index (χ1n) is 10.5. The fourth-order valence-corrected chi connectivity index (χ4v) is 3.85. The van der Waals surface area contributed by atoms with Crippen LogP contribution in [0.4, 0.5) is 0 Å². The summed E-state index contributed by atoms with van der Waals surface area (Å²) in [5.41, 5.74) is 4.35. The van der Waals surface area contributed by atoms with E-state index in [1.165, 1.54) is 0 Å². The first-order chi connectivity index (χ1) is 15.5. The molecule has 0 N–H and O–H groups in total. The van der Waals surface area contributed by atoms with E-state index in [2.05, 4.69) is 15.3 Å². The smallest absolute Gasteiger partial charge is 0.254 e. The van der Waals surface area contributed by atoms with Crippen molar-refractivity contribution in [3.63, 3.8) is 0 Å². The van der Waals surface area contributed by atoms with Gasteiger partial charge in [0.25, 0.3) is 5.91 Å². The second kappa shape index (κ2) is 8.24. The van der Waals surface area contributed by atoms with Crippen molar-refractivity contribution in [3.8, 4) is 17.1 Å². The molecule has 1 amide bonds. The molecule has 0 atom stereocenters. The van der Waals surface area contributed by atoms with Gasteiger partial charge in [-0.3, -0.25) is 4.79 Å². The van der Waals surface area contributed by atoms with Crippen LogP contribution in [0.1, 0.15) is 40.5 Å². The molecule has 2 aromatic carbocycles. The maximum atomic E-state index is 13.3. The Balaban J connectivity index is 1.34. The molecule has 7 nitrogen and oxygen atoms in total. The maximum Gasteiger partial charge on any atom is 0.254 e. The van der Waals surface area contributed by atoms with Crippen LogP contribution in [0.3, 0.4) is 0 Å². The number of carbonyl (C=O) groups is 1. The lowest BCUT2D eigenvalue weighted by atomic mass is 10.1. The van der Waals surface area contributed by atoms with Gasteiger partial charge in [0.2, 0.25) is 11.8 Å². The van der Waals surface area contributed by atoms with Crippen LogP contribution < -0.4 is 0 Å². The second-order valence-electron chi connectivity index (χ2n) is 8.06. The molecule has 1 aliphatic carbocycles. The van der Waals surface area contributed by atoms with Gasteiger partial charge in [-0.2, -0.15) is 5.10 Å². The van der Waals surface area contributed by atoms with Crippen LogP contribution in [0.25, 0.3) is 17.1 Å². The predicted octanol–water partition coefficient (Wildman–Crippen LogP) is 5.00. The molecule has 2 aromatic heterocycles. The van der Waals surface area contributed by atoms with Crippen LogP contribution >= 0.6 is 11.6 Å². The zero-order valence-electron chi connectivity index (χ0n) is 17.8. The van der Waals surface area contributed by atoms with E-state index in [0.717, 1.165) is 35.5 Å². The van der Waals surface area contributed by atoms with Crippen LogP contribution in [0.5, 0.6) is 0 Å². The number of hydrogen-bond donors (Lipinski definition) is 0. The van der Waals surface area contributed by atoms with E-state index in [1.54, 1.807) is 12.1 Å². The largest absolute Gasteiger partial charge is 0.419 e. The van der Waals surface area contributed by atoms with Crippen molar-refractivity contribution in [2.24, 2.45) is 0 Å². The summed E-state index contributed by atoms with van der Waals surface area (Å²) in [5.74, 6) is 0.780. The normalized spacial score (nSPS) is 13.3. The zero-order valence-corrected chi connectivity index (χ0v) is 18.6. The van der Waals surface area contributed by atoms with Crippen molar-refractivity contribution in [1.29, 1.82) is 0 Å². The molecular weight excluding hydrogens is 426 g/mol. The summed E-state index contributed by atoms with van der Waals surface area (Å²) in [5, 5.41) is 13.4. The number of amides is 1. The number of aromatic nitrogens is 4. The van der Waals surface area contributed by atoms with Gasteiger partial charge in [-0.25, -0.2) is 4.68 Å². The summed E-state index contributed by atoms with van der Waals surface area (Å²) in [4.78, 5) is 15.1. The van der Waals surface area contributed by atoms with E-state index in [-0.39, 0.29) is 18.5 Å². The third-order valence-electron chi connectivity index (χ3n) is 5.48. The fourth-order valence-electron chi connectivity index (χ4n) is 3.73. The minimum atomic E-state index is -0.0429. The highest BCUT2D eigenvalue weighted by molar-refractivity contribution is 6.30. The van der Waals surface area contributed by atoms with E-state index < -0.39 is 0 Å². The molecule has 0 spiro atoms. The van der Waals surface area contributed by atoms with Crippen LogP contribution in [0.15, 0.2) is 59.0 Å². The Morgan fingerprint density at radius 3 is 2.44 bits per heavy atom. The van der Waals surface area contributed by atoms with E-state index in [1.807, 2.05) is 65.9 Å². The monoisotopic (exact) mass is 447 g/mol. The summed E-state index contributed by atoms with van der Waals surface area (Å²) >= 11 is 5.95. The number of hydrogen-bond acceptors (Lipinski definition) is 5. The molecule has 0 bridgehead atoms. The topological polar surface area (TPSA) is 77.0 Å². The highest BCUT2D eigenvalue weighted by atomic mass is 35.5. The minimum Gasteiger partial charge on any atom is -0.419 e. The lowest BCUT2D eigenvalue weighted by Crippen LogP contribution is -2.32. The lowest BCUT2D eigenvalue weighted by molar-refractivity contribution is 0.0714. The number of carbonyl (C=O) groups excluding carboxylic acids is 1. The number of benzene rings is 2. The van der Waals surface area contributed by atoms with Crippen molar-refractivity contribution in [1.82, 2.24) is 24.9 Å². The molecule has 0 radical (unpaired) electrons. The maximum absolute atomic E-state index is 13.3. The van der Waals surface area contributed by atoms with Crippen molar-refractivity contribution < 1.29 is 9.21 Å². The van der Waals surface area contributed by atoms with E-state index >= 15 is 0 Å². The standard InChI is InChI=1S/C24H22ClN5O2/c1-15-13-16(2)30(28-15)21-9-5-18(6-10-21)24(31)29(20-11-12-20)14-22-26-27-23(32-22)17-3-7-19(25)8-4-17/h3-10,13,20H,11-12,14H2,1-2H3. The number of nitrogens with zero attached hydrogens (tertiary/aromatic N) is 5. The average molecular weight is 448 g/mol. The third-order valence-corrected chi connectivity index (χ3v) is 5.73. The lowest BCUT2D eigenvalue weighted by Gasteiger charge is -2.20. The van der Waals surface area contributed by atoms with Gasteiger partial charge < -0.3 is 9.32 Å². The van der Waals surface area contributed by atoms with Crippen molar-refractivity contribution in [2.45, 2.75) is 39.3 Å². The van der Waals surface area contributed by atoms with Crippen LogP contribution in [0, 0.1) is 13.8 Å². The first-order valence-corrected chi connectivity index (χ1v) is 10.9. The number of aryl methyl sites for hydroxylation is 2. The Morgan fingerprint density at radius 1 is 1.09 bits per heavy atom. The van der Waals surface area contributed by atoms with Gasteiger partial charge >= 0.3 is 0 Å². The van der Waals surface area contributed by atoms with Crippen LogP contribution in [-0.4, -0.2) is 36.8 Å². The number of rotatable bonds is 6. The highest BCUT2D eigenvalue weighted by Crippen LogP contribution is 2.30. The quantitative estimate of drug-likeness (QED) is 0.415. The molecule has 32 heavy (non-hydrogen) atoms. The second-order valence-corrected chi connectivity index (χ2v) is 8.49. The SMILES string of the molecule is Cc1cc(C)n(-c2ccc(C(=O)N(Cc3nnc(-c4ccc(Cl)cc4)o3)C3CC3)cc2)n1. The fraction of sp³-hybridized carbons (Fsp3) is 0.250. The predicted molar refractivity (Wildman–Crippen MR) is 121 cm³/mol. The van der Waals surface area contributed by atoms with Crippen LogP contribution in [0.2, 0.25) is 5.02 Å². The molecule has 1 fully saturated rings. The van der Waals surface area contributed by atoms with Gasteiger partial charge in [-0.05, 0) is 81.3 Å². The molecule has 2 heterocycles. The van der Waals surface area contributed by atoms with Gasteiger partial charge in [0, 0.05) is 27.9 Å². The zero-order chi connectivity index (χ0) is 22.2. The molecule has 5 rings (SSSR count). The van der Waals surface area contributed by atoms with E-state index in [9.17, 15) is 4.79 Å². The Hall–Kier alpha value is -3.45. The summed E-state index contributed by atoms with van der Waals surface area (Å²) in [7, 11) is 0. The third kappa shape index (κ3) is 4.16. The Labute approximate surface area is 190 Å². The molecule has 0 saturated heterocycles.